The summed E-state index contributed by atoms with van der Waals surface area (Å²) in [5, 5.41) is 4.99. The summed E-state index contributed by atoms with van der Waals surface area (Å²) in [6.07, 6.45) is 0. The predicted molar refractivity (Wildman–Crippen MR) is 203 cm³/mol. The average molecular weight is 637 g/mol. The molecular weight excluding hydrogens is 605 g/mol. The lowest BCUT2D eigenvalue weighted by molar-refractivity contribution is 0.862. The van der Waals surface area contributed by atoms with E-state index in [1.807, 2.05) is 11.3 Å². The van der Waals surface area contributed by atoms with E-state index >= 15 is 0 Å². The number of aromatic nitrogens is 3. The second-order valence-corrected chi connectivity index (χ2v) is 13.5. The highest BCUT2D eigenvalue weighted by atomic mass is 32.1. The molecule has 0 spiro atoms. The molecule has 230 valence electrons. The molecule has 0 bridgehead atoms. The van der Waals surface area contributed by atoms with Crippen molar-refractivity contribution < 1.29 is 0 Å². The van der Waals surface area contributed by atoms with Gasteiger partial charge in [0.15, 0.2) is 0 Å². The van der Waals surface area contributed by atoms with Gasteiger partial charge in [0, 0.05) is 42.2 Å². The maximum atomic E-state index is 5.44. The lowest BCUT2D eigenvalue weighted by Crippen LogP contribution is -2.15. The molecule has 9 aromatic rings. The van der Waals surface area contributed by atoms with Gasteiger partial charge in [0.25, 0.3) is 0 Å². The number of para-hydroxylation sites is 3. The van der Waals surface area contributed by atoms with E-state index in [-0.39, 0.29) is 0 Å². The normalized spacial score (nSPS) is 11.7. The third-order valence-corrected chi connectivity index (χ3v) is 10.4. The fraction of sp³-hybridized carbons (Fsp3) is 0.0698. The van der Waals surface area contributed by atoms with E-state index in [9.17, 15) is 0 Å². The van der Waals surface area contributed by atoms with Gasteiger partial charge in [0.1, 0.15) is 17.5 Å². The van der Waals surface area contributed by atoms with Gasteiger partial charge in [0.2, 0.25) is 0 Å². The van der Waals surface area contributed by atoms with Crippen molar-refractivity contribution in [3.05, 3.63) is 157 Å². The molecule has 4 heterocycles. The van der Waals surface area contributed by atoms with Gasteiger partial charge in [-0.3, -0.25) is 9.47 Å². The van der Waals surface area contributed by atoms with Gasteiger partial charge in [-0.25, -0.2) is 9.97 Å². The average Bonchev–Trinajstić information content (AvgIpc) is 3.68. The van der Waals surface area contributed by atoms with Crippen LogP contribution in [0.4, 0.5) is 17.3 Å². The first kappa shape index (κ1) is 28.4. The van der Waals surface area contributed by atoms with Crippen molar-refractivity contribution in [3.63, 3.8) is 0 Å². The Hall–Kier alpha value is -5.78. The Morgan fingerprint density at radius 3 is 1.96 bits per heavy atom. The molecule has 0 aliphatic rings. The molecule has 0 saturated heterocycles. The minimum absolute atomic E-state index is 0.307. The summed E-state index contributed by atoms with van der Waals surface area (Å²) < 4.78 is 4.82. The van der Waals surface area contributed by atoms with Gasteiger partial charge in [-0.1, -0.05) is 111 Å². The summed E-state index contributed by atoms with van der Waals surface area (Å²) in [5.41, 5.74) is 6.61. The lowest BCUT2D eigenvalue weighted by atomic mass is 10.00. The van der Waals surface area contributed by atoms with E-state index in [0.717, 1.165) is 45.4 Å². The first-order chi connectivity index (χ1) is 23.6. The zero-order valence-corrected chi connectivity index (χ0v) is 27.5. The van der Waals surface area contributed by atoms with Crippen molar-refractivity contribution in [2.75, 3.05) is 4.90 Å². The van der Waals surface area contributed by atoms with E-state index in [2.05, 4.69) is 175 Å². The van der Waals surface area contributed by atoms with Gasteiger partial charge < -0.3 is 0 Å². The second kappa shape index (κ2) is 11.5. The van der Waals surface area contributed by atoms with Gasteiger partial charge in [-0.05, 0) is 66.1 Å². The number of hydrogen-bond acceptors (Lipinski definition) is 4. The number of hydrogen-bond donors (Lipinski definition) is 0. The SMILES string of the molecule is CC(C)c1cc(-c2cccc3c2sc2ccccc23)nc(N(c2ccccc2)c2cccc(-n3c4ccccc4c4ccccc43)n2)c1. The second-order valence-electron chi connectivity index (χ2n) is 12.5. The van der Waals surface area contributed by atoms with Gasteiger partial charge >= 0.3 is 0 Å². The van der Waals surface area contributed by atoms with Crippen LogP contribution in [-0.2, 0) is 0 Å². The van der Waals surface area contributed by atoms with Crippen molar-refractivity contribution >= 4 is 70.6 Å². The number of rotatable bonds is 6. The summed E-state index contributed by atoms with van der Waals surface area (Å²) in [7, 11) is 0. The molecule has 48 heavy (non-hydrogen) atoms. The molecule has 0 N–H and O–H groups in total. The molecule has 5 aromatic carbocycles. The van der Waals surface area contributed by atoms with E-state index in [4.69, 9.17) is 9.97 Å². The van der Waals surface area contributed by atoms with Gasteiger partial charge in [-0.15, -0.1) is 11.3 Å². The smallest absolute Gasteiger partial charge is 0.141 e. The van der Waals surface area contributed by atoms with Crippen LogP contribution >= 0.6 is 11.3 Å². The zero-order chi connectivity index (χ0) is 32.2. The van der Waals surface area contributed by atoms with Crippen molar-refractivity contribution in [2.24, 2.45) is 0 Å². The number of benzene rings is 5. The minimum atomic E-state index is 0.307. The maximum Gasteiger partial charge on any atom is 0.141 e. The molecular formula is C43H32N4S. The van der Waals surface area contributed by atoms with Crippen LogP contribution in [-0.4, -0.2) is 14.5 Å². The summed E-state index contributed by atoms with van der Waals surface area (Å²) in [6, 6.07) is 53.6. The minimum Gasteiger partial charge on any atom is -0.294 e. The van der Waals surface area contributed by atoms with Crippen LogP contribution < -0.4 is 4.90 Å². The first-order valence-electron chi connectivity index (χ1n) is 16.4. The fourth-order valence-electron chi connectivity index (χ4n) is 6.86. The summed E-state index contributed by atoms with van der Waals surface area (Å²) in [5.74, 6) is 2.81. The molecule has 0 radical (unpaired) electrons. The van der Waals surface area contributed by atoms with E-state index < -0.39 is 0 Å². The Morgan fingerprint density at radius 1 is 0.562 bits per heavy atom. The summed E-state index contributed by atoms with van der Waals surface area (Å²) >= 11 is 1.84. The Labute approximate surface area is 283 Å². The first-order valence-corrected chi connectivity index (χ1v) is 17.2. The number of fused-ring (bicyclic) bond motifs is 6. The van der Waals surface area contributed by atoms with Crippen LogP contribution in [0.15, 0.2) is 152 Å². The zero-order valence-electron chi connectivity index (χ0n) is 26.7. The quantitative estimate of drug-likeness (QED) is 0.182. The highest BCUT2D eigenvalue weighted by Gasteiger charge is 2.21. The lowest BCUT2D eigenvalue weighted by Gasteiger charge is -2.25. The molecule has 0 saturated carbocycles. The van der Waals surface area contributed by atoms with Crippen LogP contribution in [0.5, 0.6) is 0 Å². The molecule has 0 aliphatic heterocycles. The monoisotopic (exact) mass is 636 g/mol. The summed E-state index contributed by atoms with van der Waals surface area (Å²) in [6.45, 7) is 4.49. The van der Waals surface area contributed by atoms with Crippen molar-refractivity contribution in [1.82, 2.24) is 14.5 Å². The molecule has 0 fully saturated rings. The van der Waals surface area contributed by atoms with Crippen molar-refractivity contribution in [1.29, 1.82) is 0 Å². The number of anilines is 3. The van der Waals surface area contributed by atoms with Gasteiger partial charge in [0.05, 0.1) is 16.7 Å². The Morgan fingerprint density at radius 2 is 1.21 bits per heavy atom. The molecule has 0 amide bonds. The van der Waals surface area contributed by atoms with E-state index in [0.29, 0.717) is 5.92 Å². The maximum absolute atomic E-state index is 5.44. The molecule has 4 nitrogen and oxygen atoms in total. The number of pyridine rings is 2. The van der Waals surface area contributed by atoms with Crippen LogP contribution in [0, 0.1) is 0 Å². The highest BCUT2D eigenvalue weighted by molar-refractivity contribution is 7.26. The van der Waals surface area contributed by atoms with E-state index in [1.54, 1.807) is 0 Å². The molecule has 4 aromatic heterocycles. The van der Waals surface area contributed by atoms with Crippen molar-refractivity contribution in [3.8, 4) is 17.1 Å². The standard InChI is InChI=1S/C43H32N4S/c1-28(2)29-26-36(35-20-12-19-34-33-18-8-11-23-39(33)48-43(34)35)44-42(27-29)46(30-14-4-3-5-15-30)40-24-13-25-41(45-40)47-37-21-9-6-16-31(37)32-17-7-10-22-38(32)47/h3-28H,1-2H3. The Balaban J connectivity index is 1.27. The van der Waals surface area contributed by atoms with Crippen LogP contribution in [0.2, 0.25) is 0 Å². The van der Waals surface area contributed by atoms with E-state index in [1.165, 1.54) is 36.5 Å². The molecule has 9 rings (SSSR count). The van der Waals surface area contributed by atoms with Crippen LogP contribution in [0.3, 0.4) is 0 Å². The van der Waals surface area contributed by atoms with Crippen molar-refractivity contribution in [2.45, 2.75) is 19.8 Å². The Kier molecular flexibility index (Phi) is 6.80. The molecule has 0 aliphatic carbocycles. The third-order valence-electron chi connectivity index (χ3n) is 9.18. The third kappa shape index (κ3) is 4.66. The molecule has 0 atom stereocenters. The summed E-state index contributed by atoms with van der Waals surface area (Å²) in [4.78, 5) is 13.0. The van der Waals surface area contributed by atoms with Gasteiger partial charge in [-0.2, -0.15) is 0 Å². The fourth-order valence-corrected chi connectivity index (χ4v) is 8.09. The molecule has 5 heteroatoms. The molecule has 0 unspecified atom stereocenters. The topological polar surface area (TPSA) is 34.0 Å². The predicted octanol–water partition coefficient (Wildman–Crippen LogP) is 12.2. The number of nitrogens with zero attached hydrogens (tertiary/aromatic N) is 4. The van der Waals surface area contributed by atoms with Crippen LogP contribution in [0.25, 0.3) is 59.1 Å². The van der Waals surface area contributed by atoms with Crippen LogP contribution in [0.1, 0.15) is 25.3 Å². The highest BCUT2D eigenvalue weighted by Crippen LogP contribution is 2.42. The number of thiophene rings is 1. The largest absolute Gasteiger partial charge is 0.294 e. The Bertz CT molecular complexity index is 2560.